The number of carbonyl (C=O) groups excluding carboxylic acids is 1. The molecule has 0 fully saturated rings. The van der Waals surface area contributed by atoms with Crippen LogP contribution in [0.4, 0.5) is 5.69 Å². The summed E-state index contributed by atoms with van der Waals surface area (Å²) in [6.45, 7) is 5.82. The predicted molar refractivity (Wildman–Crippen MR) is 89.9 cm³/mol. The van der Waals surface area contributed by atoms with Crippen molar-refractivity contribution in [2.75, 3.05) is 5.32 Å². The molecule has 22 heavy (non-hydrogen) atoms. The maximum absolute atomic E-state index is 12.3. The van der Waals surface area contributed by atoms with Crippen LogP contribution in [-0.2, 0) is 4.79 Å². The molecule has 116 valence electrons. The largest absolute Gasteiger partial charge is 0.389 e. The van der Waals surface area contributed by atoms with Gasteiger partial charge in [-0.05, 0) is 37.0 Å². The first-order chi connectivity index (χ1) is 10.5. The number of aryl methyl sites for hydroxylation is 1. The lowest BCUT2D eigenvalue weighted by atomic mass is 9.93. The van der Waals surface area contributed by atoms with E-state index in [0.29, 0.717) is 12.1 Å². The standard InChI is InChI=1S/C19H23NO2/c1-13-8-4-5-9-16(13)14(2)12-19(22)20-18-11-7-6-10-17(18)15(3)21/h4-11,14-15,21H,12H2,1-3H3,(H,20,22)/t14-,15+/m1/s1. The van der Waals surface area contributed by atoms with Crippen LogP contribution in [0, 0.1) is 6.92 Å². The van der Waals surface area contributed by atoms with Crippen molar-refractivity contribution in [3.63, 3.8) is 0 Å². The molecule has 0 unspecified atom stereocenters. The number of hydrogen-bond donors (Lipinski definition) is 2. The van der Waals surface area contributed by atoms with Crippen molar-refractivity contribution < 1.29 is 9.90 Å². The normalized spacial score (nSPS) is 13.5. The highest BCUT2D eigenvalue weighted by Crippen LogP contribution is 2.25. The predicted octanol–water partition coefficient (Wildman–Crippen LogP) is 4.18. The molecule has 0 saturated heterocycles. The van der Waals surface area contributed by atoms with Gasteiger partial charge in [-0.15, -0.1) is 0 Å². The van der Waals surface area contributed by atoms with Crippen molar-refractivity contribution in [1.29, 1.82) is 0 Å². The fraction of sp³-hybridized carbons (Fsp3) is 0.316. The van der Waals surface area contributed by atoms with Crippen molar-refractivity contribution in [2.24, 2.45) is 0 Å². The summed E-state index contributed by atoms with van der Waals surface area (Å²) in [5, 5.41) is 12.7. The molecule has 0 bridgehead atoms. The smallest absolute Gasteiger partial charge is 0.224 e. The van der Waals surface area contributed by atoms with Crippen molar-refractivity contribution in [1.82, 2.24) is 0 Å². The molecule has 0 radical (unpaired) electrons. The van der Waals surface area contributed by atoms with Gasteiger partial charge in [-0.3, -0.25) is 4.79 Å². The number of hydrogen-bond acceptors (Lipinski definition) is 2. The summed E-state index contributed by atoms with van der Waals surface area (Å²) < 4.78 is 0. The van der Waals surface area contributed by atoms with E-state index in [-0.39, 0.29) is 11.8 Å². The van der Waals surface area contributed by atoms with Gasteiger partial charge in [0, 0.05) is 17.7 Å². The molecule has 2 aromatic rings. The first kappa shape index (κ1) is 16.2. The highest BCUT2D eigenvalue weighted by molar-refractivity contribution is 5.92. The van der Waals surface area contributed by atoms with Gasteiger partial charge in [0.15, 0.2) is 0 Å². The number of aliphatic hydroxyl groups excluding tert-OH is 1. The number of nitrogens with one attached hydrogen (secondary N) is 1. The van der Waals surface area contributed by atoms with Gasteiger partial charge in [0.05, 0.1) is 6.10 Å². The summed E-state index contributed by atoms with van der Waals surface area (Å²) in [7, 11) is 0. The Balaban J connectivity index is 2.06. The lowest BCUT2D eigenvalue weighted by Crippen LogP contribution is -2.16. The van der Waals surface area contributed by atoms with Gasteiger partial charge < -0.3 is 10.4 Å². The molecule has 0 heterocycles. The maximum atomic E-state index is 12.3. The summed E-state index contributed by atoms with van der Waals surface area (Å²) in [4.78, 5) is 12.3. The SMILES string of the molecule is Cc1ccccc1[C@H](C)CC(=O)Nc1ccccc1[C@H](C)O. The second-order valence-corrected chi connectivity index (χ2v) is 5.77. The van der Waals surface area contributed by atoms with Gasteiger partial charge in [0.1, 0.15) is 0 Å². The number of aliphatic hydroxyl groups is 1. The minimum Gasteiger partial charge on any atom is -0.389 e. The average Bonchev–Trinajstić information content (AvgIpc) is 2.47. The number of benzene rings is 2. The van der Waals surface area contributed by atoms with Gasteiger partial charge in [-0.2, -0.15) is 0 Å². The summed E-state index contributed by atoms with van der Waals surface area (Å²) in [5.74, 6) is 0.115. The third-order valence-corrected chi connectivity index (χ3v) is 3.90. The Morgan fingerprint density at radius 1 is 1.05 bits per heavy atom. The van der Waals surface area contributed by atoms with Gasteiger partial charge in [0.25, 0.3) is 0 Å². The quantitative estimate of drug-likeness (QED) is 0.869. The molecule has 2 atom stereocenters. The number of rotatable bonds is 5. The van der Waals surface area contributed by atoms with E-state index in [4.69, 9.17) is 0 Å². The topological polar surface area (TPSA) is 49.3 Å². The van der Waals surface area contributed by atoms with E-state index >= 15 is 0 Å². The molecule has 2 aromatic carbocycles. The minimum atomic E-state index is -0.606. The van der Waals surface area contributed by atoms with E-state index in [1.54, 1.807) is 6.92 Å². The fourth-order valence-corrected chi connectivity index (χ4v) is 2.70. The van der Waals surface area contributed by atoms with E-state index in [1.807, 2.05) is 36.4 Å². The molecule has 0 aromatic heterocycles. The van der Waals surface area contributed by atoms with Crippen LogP contribution in [0.5, 0.6) is 0 Å². The zero-order valence-corrected chi connectivity index (χ0v) is 13.3. The van der Waals surface area contributed by atoms with Crippen LogP contribution in [-0.4, -0.2) is 11.0 Å². The second-order valence-electron chi connectivity index (χ2n) is 5.77. The zero-order chi connectivity index (χ0) is 16.1. The van der Waals surface area contributed by atoms with Crippen molar-refractivity contribution in [3.8, 4) is 0 Å². The Morgan fingerprint density at radius 2 is 1.64 bits per heavy atom. The van der Waals surface area contributed by atoms with Crippen molar-refractivity contribution in [3.05, 3.63) is 65.2 Å². The van der Waals surface area contributed by atoms with E-state index in [1.165, 1.54) is 11.1 Å². The van der Waals surface area contributed by atoms with Crippen molar-refractivity contribution in [2.45, 2.75) is 39.2 Å². The Bertz CT molecular complexity index is 649. The lowest BCUT2D eigenvalue weighted by molar-refractivity contribution is -0.116. The summed E-state index contributed by atoms with van der Waals surface area (Å²) >= 11 is 0. The molecule has 0 aliphatic carbocycles. The van der Waals surface area contributed by atoms with Crippen LogP contribution in [0.1, 0.15) is 49.0 Å². The number of para-hydroxylation sites is 1. The fourth-order valence-electron chi connectivity index (χ4n) is 2.70. The summed E-state index contributed by atoms with van der Waals surface area (Å²) in [6, 6.07) is 15.5. The molecule has 0 aliphatic rings. The monoisotopic (exact) mass is 297 g/mol. The van der Waals surface area contributed by atoms with Gasteiger partial charge in [-0.1, -0.05) is 49.4 Å². The highest BCUT2D eigenvalue weighted by Gasteiger charge is 2.15. The molecule has 2 rings (SSSR count). The molecule has 3 nitrogen and oxygen atoms in total. The van der Waals surface area contributed by atoms with Crippen LogP contribution in [0.25, 0.3) is 0 Å². The van der Waals surface area contributed by atoms with E-state index in [2.05, 4.69) is 31.3 Å². The van der Waals surface area contributed by atoms with Gasteiger partial charge >= 0.3 is 0 Å². The third kappa shape index (κ3) is 3.95. The third-order valence-electron chi connectivity index (χ3n) is 3.90. The first-order valence-corrected chi connectivity index (χ1v) is 7.61. The number of anilines is 1. The van der Waals surface area contributed by atoms with Gasteiger partial charge in [0.2, 0.25) is 5.91 Å². The molecular weight excluding hydrogens is 274 g/mol. The number of amides is 1. The highest BCUT2D eigenvalue weighted by atomic mass is 16.3. The van der Waals surface area contributed by atoms with Crippen LogP contribution in [0.2, 0.25) is 0 Å². The average molecular weight is 297 g/mol. The molecule has 0 spiro atoms. The molecule has 0 aliphatic heterocycles. The van der Waals surface area contributed by atoms with Crippen LogP contribution >= 0.6 is 0 Å². The molecule has 1 amide bonds. The molecule has 0 saturated carbocycles. The Morgan fingerprint density at radius 3 is 2.27 bits per heavy atom. The molecule has 2 N–H and O–H groups in total. The number of carbonyl (C=O) groups is 1. The first-order valence-electron chi connectivity index (χ1n) is 7.61. The van der Waals surface area contributed by atoms with E-state index in [9.17, 15) is 9.90 Å². The zero-order valence-electron chi connectivity index (χ0n) is 13.3. The Labute approximate surface area is 132 Å². The summed E-state index contributed by atoms with van der Waals surface area (Å²) in [5.41, 5.74) is 3.81. The molecular formula is C19H23NO2. The van der Waals surface area contributed by atoms with Crippen LogP contribution in [0.15, 0.2) is 48.5 Å². The Kier molecular flexibility index (Phi) is 5.34. The van der Waals surface area contributed by atoms with Crippen LogP contribution in [0.3, 0.4) is 0 Å². The second kappa shape index (κ2) is 7.23. The van der Waals surface area contributed by atoms with E-state index < -0.39 is 6.10 Å². The Hall–Kier alpha value is -2.13. The van der Waals surface area contributed by atoms with Crippen molar-refractivity contribution >= 4 is 11.6 Å². The summed E-state index contributed by atoms with van der Waals surface area (Å²) in [6.07, 6.45) is -0.191. The van der Waals surface area contributed by atoms with Gasteiger partial charge in [-0.25, -0.2) is 0 Å². The van der Waals surface area contributed by atoms with Crippen LogP contribution < -0.4 is 5.32 Å². The van der Waals surface area contributed by atoms with E-state index in [0.717, 1.165) is 5.56 Å². The minimum absolute atomic E-state index is 0.0381. The molecule has 3 heteroatoms. The lowest BCUT2D eigenvalue weighted by Gasteiger charge is -2.16. The maximum Gasteiger partial charge on any atom is 0.224 e.